The molecule has 2 aromatic rings. The molecule has 173 valence electrons. The van der Waals surface area contributed by atoms with Crippen LogP contribution in [-0.4, -0.2) is 61.5 Å². The lowest BCUT2D eigenvalue weighted by Gasteiger charge is -2.32. The van der Waals surface area contributed by atoms with Gasteiger partial charge in [-0.1, -0.05) is 41.5 Å². The van der Waals surface area contributed by atoms with Crippen LogP contribution in [0.3, 0.4) is 0 Å². The first-order chi connectivity index (χ1) is 15.1. The van der Waals surface area contributed by atoms with Crippen LogP contribution in [-0.2, 0) is 18.3 Å². The Kier molecular flexibility index (Phi) is 6.97. The van der Waals surface area contributed by atoms with E-state index in [0.29, 0.717) is 26.2 Å². The van der Waals surface area contributed by atoms with E-state index in [1.807, 2.05) is 29.2 Å². The lowest BCUT2D eigenvalue weighted by atomic mass is 9.84. The number of amidine groups is 1. The van der Waals surface area contributed by atoms with Gasteiger partial charge in [0.05, 0.1) is 0 Å². The summed E-state index contributed by atoms with van der Waals surface area (Å²) in [5.41, 5.74) is -0.216. The molecule has 0 fully saturated rings. The van der Waals surface area contributed by atoms with E-state index >= 15 is 0 Å². The standard InChI is InChI=1S/C24H33N4O4/c1-23(2)24(3,4)28(32)22(27(23)31)17-26(16-19-10-6-8-12-21(19)30)14-13-25-15-18-9-5-7-11-20(18)29/h5-12,25,29-30H,13-17H2,1-4H3. The maximum atomic E-state index is 13.0. The van der Waals surface area contributed by atoms with E-state index in [2.05, 4.69) is 5.32 Å². The summed E-state index contributed by atoms with van der Waals surface area (Å²) in [4.78, 5) is 1.97. The Balaban J connectivity index is 1.73. The fourth-order valence-corrected chi connectivity index (χ4v) is 3.77. The Morgan fingerprint density at radius 1 is 0.969 bits per heavy atom. The van der Waals surface area contributed by atoms with Crippen LogP contribution in [0.4, 0.5) is 0 Å². The van der Waals surface area contributed by atoms with Gasteiger partial charge in [-0.05, 0) is 39.8 Å². The smallest absolute Gasteiger partial charge is 0.298 e. The molecule has 1 heterocycles. The van der Waals surface area contributed by atoms with Gasteiger partial charge in [-0.2, -0.15) is 0 Å². The van der Waals surface area contributed by atoms with E-state index in [0.717, 1.165) is 20.9 Å². The highest BCUT2D eigenvalue weighted by Gasteiger charge is 2.59. The largest absolute Gasteiger partial charge is 0.715 e. The lowest BCUT2D eigenvalue weighted by molar-refractivity contribution is -0.540. The van der Waals surface area contributed by atoms with E-state index < -0.39 is 11.1 Å². The third-order valence-corrected chi connectivity index (χ3v) is 6.64. The fraction of sp³-hybridized carbons (Fsp3) is 0.458. The van der Waals surface area contributed by atoms with Crippen molar-refractivity contribution in [1.29, 1.82) is 0 Å². The Morgan fingerprint density at radius 3 is 2.06 bits per heavy atom. The lowest BCUT2D eigenvalue weighted by Crippen LogP contribution is -2.53. The zero-order valence-corrected chi connectivity index (χ0v) is 19.2. The number of hydrogen-bond donors (Lipinski definition) is 3. The highest BCUT2D eigenvalue weighted by atomic mass is 16.5. The zero-order chi connectivity index (χ0) is 23.5. The molecule has 0 bridgehead atoms. The molecule has 0 saturated carbocycles. The molecule has 3 rings (SSSR count). The van der Waals surface area contributed by atoms with Crippen LogP contribution < -0.4 is 5.32 Å². The summed E-state index contributed by atoms with van der Waals surface area (Å²) in [6, 6.07) is 14.2. The topological polar surface area (TPSA) is 105 Å². The summed E-state index contributed by atoms with van der Waals surface area (Å²) in [5.74, 6) is 0.576. The number of nitrogens with zero attached hydrogens (tertiary/aromatic N) is 3. The molecule has 1 aliphatic heterocycles. The number of para-hydroxylation sites is 2. The van der Waals surface area contributed by atoms with Crippen LogP contribution in [0.5, 0.6) is 11.5 Å². The molecule has 0 atom stereocenters. The molecule has 3 N–H and O–H groups in total. The summed E-state index contributed by atoms with van der Waals surface area (Å²) < 4.78 is 0.827. The van der Waals surface area contributed by atoms with E-state index in [-0.39, 0.29) is 23.9 Å². The number of benzene rings is 2. The van der Waals surface area contributed by atoms with Crippen molar-refractivity contribution in [1.82, 2.24) is 15.3 Å². The Bertz CT molecular complexity index is 974. The van der Waals surface area contributed by atoms with Gasteiger partial charge in [-0.15, -0.1) is 0 Å². The molecule has 32 heavy (non-hydrogen) atoms. The highest BCUT2D eigenvalue weighted by Crippen LogP contribution is 2.36. The van der Waals surface area contributed by atoms with E-state index in [1.54, 1.807) is 52.0 Å². The van der Waals surface area contributed by atoms with Crippen LogP contribution in [0.15, 0.2) is 48.5 Å². The third kappa shape index (κ3) is 4.67. The van der Waals surface area contributed by atoms with E-state index in [4.69, 9.17) is 0 Å². The van der Waals surface area contributed by atoms with Gasteiger partial charge in [0, 0.05) is 42.5 Å². The van der Waals surface area contributed by atoms with E-state index in [1.165, 1.54) is 0 Å². The molecular weight excluding hydrogens is 408 g/mol. The van der Waals surface area contributed by atoms with Crippen LogP contribution >= 0.6 is 0 Å². The van der Waals surface area contributed by atoms with Crippen molar-refractivity contribution in [2.75, 3.05) is 19.6 Å². The number of hydroxylamine groups is 3. The van der Waals surface area contributed by atoms with Gasteiger partial charge >= 0.3 is 0 Å². The first-order valence-electron chi connectivity index (χ1n) is 10.8. The molecule has 0 spiro atoms. The fourth-order valence-electron chi connectivity index (χ4n) is 3.77. The SMILES string of the molecule is CC1(C)N([O])C(CN(CCNCc2ccccc2O)Cc2ccccc2O)=[N+]([O-])C1(C)C. The second kappa shape index (κ2) is 9.36. The number of rotatable bonds is 9. The normalized spacial score (nSPS) is 17.4. The van der Waals surface area contributed by atoms with Crippen molar-refractivity contribution in [3.63, 3.8) is 0 Å². The maximum absolute atomic E-state index is 13.0. The van der Waals surface area contributed by atoms with Crippen LogP contribution in [0.2, 0.25) is 0 Å². The Morgan fingerprint density at radius 2 is 1.53 bits per heavy atom. The molecule has 1 aliphatic rings. The monoisotopic (exact) mass is 441 g/mol. The average Bonchev–Trinajstić information content (AvgIpc) is 2.86. The Labute approximate surface area is 189 Å². The van der Waals surface area contributed by atoms with Crippen LogP contribution in [0.1, 0.15) is 38.8 Å². The predicted molar refractivity (Wildman–Crippen MR) is 123 cm³/mol. The second-order valence-corrected chi connectivity index (χ2v) is 9.27. The van der Waals surface area contributed by atoms with Crippen molar-refractivity contribution in [2.45, 2.75) is 51.9 Å². The quantitative estimate of drug-likeness (QED) is 0.314. The van der Waals surface area contributed by atoms with Crippen molar-refractivity contribution in [3.05, 3.63) is 64.9 Å². The van der Waals surface area contributed by atoms with Gasteiger partial charge in [0.2, 0.25) is 0 Å². The van der Waals surface area contributed by atoms with Crippen molar-refractivity contribution in [2.24, 2.45) is 0 Å². The molecule has 0 aromatic heterocycles. The molecule has 0 saturated heterocycles. The molecular formula is C24H33N4O4. The average molecular weight is 442 g/mol. The summed E-state index contributed by atoms with van der Waals surface area (Å²) in [5, 5.41) is 50.2. The van der Waals surface area contributed by atoms with Gasteiger partial charge in [-0.3, -0.25) is 9.64 Å². The third-order valence-electron chi connectivity index (χ3n) is 6.64. The first-order valence-corrected chi connectivity index (χ1v) is 10.8. The minimum atomic E-state index is -0.867. The van der Waals surface area contributed by atoms with Crippen LogP contribution in [0.25, 0.3) is 0 Å². The van der Waals surface area contributed by atoms with Gasteiger partial charge in [0.25, 0.3) is 5.84 Å². The van der Waals surface area contributed by atoms with Gasteiger partial charge in [0.15, 0.2) is 5.54 Å². The van der Waals surface area contributed by atoms with Crippen molar-refractivity contribution >= 4 is 5.84 Å². The predicted octanol–water partition coefficient (Wildman–Crippen LogP) is 2.82. The van der Waals surface area contributed by atoms with Crippen molar-refractivity contribution < 1.29 is 20.2 Å². The maximum Gasteiger partial charge on any atom is 0.298 e. The molecule has 8 nitrogen and oxygen atoms in total. The minimum absolute atomic E-state index is 0.159. The highest BCUT2D eigenvalue weighted by molar-refractivity contribution is 5.81. The van der Waals surface area contributed by atoms with E-state index in [9.17, 15) is 20.6 Å². The minimum Gasteiger partial charge on any atom is -0.715 e. The zero-order valence-electron chi connectivity index (χ0n) is 19.2. The summed E-state index contributed by atoms with van der Waals surface area (Å²) in [6.45, 7) is 9.25. The van der Waals surface area contributed by atoms with Crippen LogP contribution in [0, 0.1) is 5.21 Å². The molecule has 0 amide bonds. The molecule has 2 aromatic carbocycles. The summed E-state index contributed by atoms with van der Waals surface area (Å²) >= 11 is 0. The molecule has 0 aliphatic carbocycles. The number of phenolic OH excluding ortho intramolecular Hbond substituents is 2. The van der Waals surface area contributed by atoms with Gasteiger partial charge in [-0.25, -0.2) is 0 Å². The van der Waals surface area contributed by atoms with Crippen molar-refractivity contribution in [3.8, 4) is 11.5 Å². The molecule has 8 heteroatoms. The number of phenols is 2. The Hall–Kier alpha value is -2.81. The summed E-state index contributed by atoms with van der Waals surface area (Å²) in [7, 11) is 0. The number of hydrogen-bond acceptors (Lipinski definition) is 6. The molecule has 1 radical (unpaired) electrons. The van der Waals surface area contributed by atoms with Gasteiger partial charge in [0.1, 0.15) is 23.6 Å². The first kappa shape index (κ1) is 23.8. The number of nitrogens with one attached hydrogen (secondary N) is 1. The second-order valence-electron chi connectivity index (χ2n) is 9.27. The number of aromatic hydroxyl groups is 2. The molecule has 0 unspecified atom stereocenters. The summed E-state index contributed by atoms with van der Waals surface area (Å²) in [6.07, 6.45) is 0. The van der Waals surface area contributed by atoms with Gasteiger partial charge < -0.3 is 20.7 Å².